The maximum Gasteiger partial charge on any atom is 0.373 e. The minimum atomic E-state index is -0.499. The maximum absolute atomic E-state index is 11.4. The summed E-state index contributed by atoms with van der Waals surface area (Å²) in [6, 6.07) is 7.23. The lowest BCUT2D eigenvalue weighted by Crippen LogP contribution is -2.00. The van der Waals surface area contributed by atoms with E-state index in [2.05, 4.69) is 9.47 Å². The maximum atomic E-state index is 11.4. The molecule has 20 heavy (non-hydrogen) atoms. The van der Waals surface area contributed by atoms with Crippen molar-refractivity contribution >= 4 is 34.7 Å². The number of ether oxygens (including phenoxy) is 2. The van der Waals surface area contributed by atoms with Crippen molar-refractivity contribution in [1.82, 2.24) is 0 Å². The molecule has 2 aromatic rings. The average Bonchev–Trinajstić information content (AvgIpc) is 2.89. The summed E-state index contributed by atoms with van der Waals surface area (Å²) in [6.07, 6.45) is 0.359. The van der Waals surface area contributed by atoms with Crippen molar-refractivity contribution in [1.29, 1.82) is 0 Å². The number of carbonyl (C=O) groups excluding carboxylic acids is 2. The number of methoxy groups -OCH3 is 2. The third-order valence-corrected chi connectivity index (χ3v) is 3.67. The molecular formula is C14H14O5S. The van der Waals surface area contributed by atoms with E-state index >= 15 is 0 Å². The number of furan rings is 1. The molecule has 0 aliphatic rings. The van der Waals surface area contributed by atoms with Crippen LogP contribution in [-0.4, -0.2) is 31.9 Å². The lowest BCUT2D eigenvalue weighted by atomic mass is 10.2. The Kier molecular flexibility index (Phi) is 4.68. The quantitative estimate of drug-likeness (QED) is 0.624. The van der Waals surface area contributed by atoms with Crippen molar-refractivity contribution < 1.29 is 23.5 Å². The molecule has 1 aromatic carbocycles. The van der Waals surface area contributed by atoms with Gasteiger partial charge in [-0.1, -0.05) is 0 Å². The molecule has 0 saturated heterocycles. The molecule has 2 rings (SSSR count). The molecule has 0 bridgehead atoms. The number of hydrogen-bond donors (Lipinski definition) is 0. The molecule has 1 aromatic heterocycles. The van der Waals surface area contributed by atoms with Gasteiger partial charge in [0.15, 0.2) is 0 Å². The lowest BCUT2D eigenvalue weighted by molar-refractivity contribution is -0.140. The first-order valence-electron chi connectivity index (χ1n) is 5.95. The summed E-state index contributed by atoms with van der Waals surface area (Å²) in [6.45, 7) is 0. The van der Waals surface area contributed by atoms with Gasteiger partial charge in [0.05, 0.1) is 20.6 Å². The lowest BCUT2D eigenvalue weighted by Gasteiger charge is -2.00. The van der Waals surface area contributed by atoms with Crippen LogP contribution in [0.3, 0.4) is 0 Å². The molecule has 0 unspecified atom stereocenters. The predicted octanol–water partition coefficient (Wildman–Crippen LogP) is 2.87. The van der Waals surface area contributed by atoms with E-state index in [1.165, 1.54) is 14.2 Å². The molecule has 0 radical (unpaired) electrons. The number of benzene rings is 1. The topological polar surface area (TPSA) is 65.7 Å². The van der Waals surface area contributed by atoms with Gasteiger partial charge in [0.1, 0.15) is 5.58 Å². The van der Waals surface area contributed by atoms with Crippen molar-refractivity contribution in [2.24, 2.45) is 0 Å². The number of fused-ring (bicyclic) bond motifs is 1. The fourth-order valence-corrected chi connectivity index (χ4v) is 2.55. The Balaban J connectivity index is 2.09. The van der Waals surface area contributed by atoms with Crippen molar-refractivity contribution in [3.63, 3.8) is 0 Å². The third-order valence-electron chi connectivity index (χ3n) is 2.68. The van der Waals surface area contributed by atoms with E-state index in [4.69, 9.17) is 4.42 Å². The van der Waals surface area contributed by atoms with Gasteiger partial charge in [0.25, 0.3) is 0 Å². The average molecular weight is 294 g/mol. The zero-order valence-corrected chi connectivity index (χ0v) is 12.0. The van der Waals surface area contributed by atoms with Gasteiger partial charge < -0.3 is 13.9 Å². The zero-order chi connectivity index (χ0) is 14.5. The molecule has 0 aliphatic carbocycles. The number of rotatable bonds is 5. The highest BCUT2D eigenvalue weighted by Crippen LogP contribution is 2.26. The molecule has 0 atom stereocenters. The highest BCUT2D eigenvalue weighted by Gasteiger charge is 2.12. The van der Waals surface area contributed by atoms with Crippen LogP contribution >= 0.6 is 11.8 Å². The normalized spacial score (nSPS) is 10.5. The Hall–Kier alpha value is -1.95. The molecular weight excluding hydrogens is 280 g/mol. The molecule has 0 aliphatic heterocycles. The number of esters is 2. The van der Waals surface area contributed by atoms with Crippen LogP contribution in [0.4, 0.5) is 0 Å². The minimum absolute atomic E-state index is 0.180. The van der Waals surface area contributed by atoms with Gasteiger partial charge in [0.2, 0.25) is 5.76 Å². The molecule has 5 nitrogen and oxygen atoms in total. The van der Waals surface area contributed by atoms with Gasteiger partial charge in [-0.05, 0) is 24.3 Å². The van der Waals surface area contributed by atoms with E-state index in [0.717, 1.165) is 10.3 Å². The Bertz CT molecular complexity index is 632. The molecule has 106 valence electrons. The Labute approximate surface area is 120 Å². The predicted molar refractivity (Wildman–Crippen MR) is 74.9 cm³/mol. The molecule has 0 spiro atoms. The van der Waals surface area contributed by atoms with Crippen molar-refractivity contribution in [3.05, 3.63) is 30.0 Å². The summed E-state index contributed by atoms with van der Waals surface area (Å²) in [5, 5.41) is 0.827. The SMILES string of the molecule is COC(=O)CCSc1ccc2oc(C(=O)OC)cc2c1. The van der Waals surface area contributed by atoms with Crippen molar-refractivity contribution in [2.45, 2.75) is 11.3 Å². The molecule has 0 saturated carbocycles. The second-order valence-electron chi connectivity index (χ2n) is 3.98. The summed E-state index contributed by atoms with van der Waals surface area (Å²) in [5.74, 6) is 0.0926. The first kappa shape index (κ1) is 14.5. The largest absolute Gasteiger partial charge is 0.469 e. The van der Waals surface area contributed by atoms with Gasteiger partial charge in [-0.2, -0.15) is 0 Å². The van der Waals surface area contributed by atoms with Gasteiger partial charge in [-0.25, -0.2) is 4.79 Å². The summed E-state index contributed by atoms with van der Waals surface area (Å²) in [7, 11) is 2.68. The summed E-state index contributed by atoms with van der Waals surface area (Å²) >= 11 is 1.54. The first-order chi connectivity index (χ1) is 9.63. The number of hydrogen-bond acceptors (Lipinski definition) is 6. The molecule has 1 heterocycles. The van der Waals surface area contributed by atoms with E-state index in [1.807, 2.05) is 12.1 Å². The molecule has 0 amide bonds. The van der Waals surface area contributed by atoms with E-state index in [-0.39, 0.29) is 11.7 Å². The van der Waals surface area contributed by atoms with Crippen LogP contribution in [0.15, 0.2) is 33.6 Å². The first-order valence-corrected chi connectivity index (χ1v) is 6.94. The van der Waals surface area contributed by atoms with Crippen LogP contribution in [0, 0.1) is 0 Å². The van der Waals surface area contributed by atoms with E-state index in [1.54, 1.807) is 23.9 Å². The third kappa shape index (κ3) is 3.33. The zero-order valence-electron chi connectivity index (χ0n) is 11.2. The van der Waals surface area contributed by atoms with Gasteiger partial charge >= 0.3 is 11.9 Å². The highest BCUT2D eigenvalue weighted by molar-refractivity contribution is 7.99. The van der Waals surface area contributed by atoms with Crippen LogP contribution in [0.25, 0.3) is 11.0 Å². The van der Waals surface area contributed by atoms with Crippen molar-refractivity contribution in [2.75, 3.05) is 20.0 Å². The summed E-state index contributed by atoms with van der Waals surface area (Å²) < 4.78 is 14.6. The fraction of sp³-hybridized carbons (Fsp3) is 0.286. The Morgan fingerprint density at radius 2 is 2.00 bits per heavy atom. The van der Waals surface area contributed by atoms with Gasteiger partial charge in [0, 0.05) is 16.0 Å². The van der Waals surface area contributed by atoms with Crippen LogP contribution in [-0.2, 0) is 14.3 Å². The second kappa shape index (κ2) is 6.47. The van der Waals surface area contributed by atoms with E-state index in [0.29, 0.717) is 17.8 Å². The van der Waals surface area contributed by atoms with Crippen molar-refractivity contribution in [3.8, 4) is 0 Å². The Morgan fingerprint density at radius 3 is 2.70 bits per heavy atom. The van der Waals surface area contributed by atoms with Gasteiger partial charge in [-0.3, -0.25) is 4.79 Å². The van der Waals surface area contributed by atoms with Gasteiger partial charge in [-0.15, -0.1) is 11.8 Å². The van der Waals surface area contributed by atoms with Crippen LogP contribution in [0.5, 0.6) is 0 Å². The number of carbonyl (C=O) groups is 2. The monoisotopic (exact) mass is 294 g/mol. The molecule has 0 fully saturated rings. The number of thioether (sulfide) groups is 1. The molecule has 6 heteroatoms. The van der Waals surface area contributed by atoms with E-state index < -0.39 is 5.97 Å². The van der Waals surface area contributed by atoms with E-state index in [9.17, 15) is 9.59 Å². The van der Waals surface area contributed by atoms with Crippen LogP contribution in [0.2, 0.25) is 0 Å². The standard InChI is InChI=1S/C14H14O5S/c1-17-13(15)5-6-20-10-3-4-11-9(7-10)8-12(19-11)14(16)18-2/h3-4,7-8H,5-6H2,1-2H3. The smallest absolute Gasteiger partial charge is 0.373 e. The minimum Gasteiger partial charge on any atom is -0.469 e. The van der Waals surface area contributed by atoms with Crippen LogP contribution < -0.4 is 0 Å². The highest BCUT2D eigenvalue weighted by atomic mass is 32.2. The summed E-state index contributed by atoms with van der Waals surface area (Å²) in [5.41, 5.74) is 0.628. The second-order valence-corrected chi connectivity index (χ2v) is 5.14. The fourth-order valence-electron chi connectivity index (χ4n) is 1.67. The summed E-state index contributed by atoms with van der Waals surface area (Å²) in [4.78, 5) is 23.4. The molecule has 0 N–H and O–H groups in total. The Morgan fingerprint density at radius 1 is 1.20 bits per heavy atom. The van der Waals surface area contributed by atoms with Crippen LogP contribution in [0.1, 0.15) is 17.0 Å².